The van der Waals surface area contributed by atoms with Crippen molar-refractivity contribution >= 4 is 0 Å². The highest BCUT2D eigenvalue weighted by Crippen LogP contribution is 2.45. The van der Waals surface area contributed by atoms with E-state index in [-0.39, 0.29) is 17.3 Å². The minimum Gasteiger partial charge on any atom is -0.207 e. The van der Waals surface area contributed by atoms with Gasteiger partial charge in [0.15, 0.2) is 0 Å². The smallest absolute Gasteiger partial charge is 0.207 e. The molecule has 0 heterocycles. The van der Waals surface area contributed by atoms with E-state index in [0.717, 1.165) is 24.3 Å². The third-order valence-electron chi connectivity index (χ3n) is 5.61. The van der Waals surface area contributed by atoms with Crippen molar-refractivity contribution in [3.63, 3.8) is 0 Å². The topological polar surface area (TPSA) is 0 Å². The van der Waals surface area contributed by atoms with Crippen molar-refractivity contribution in [1.29, 1.82) is 0 Å². The molecule has 2 aliphatic rings. The van der Waals surface area contributed by atoms with E-state index in [1.54, 1.807) is 6.07 Å². The molecule has 3 heteroatoms. The Morgan fingerprint density at radius 2 is 1.73 bits per heavy atom. The molecule has 0 unspecified atom stereocenters. The second kappa shape index (κ2) is 6.47. The molecule has 0 spiro atoms. The Bertz CT molecular complexity index is 556. The van der Waals surface area contributed by atoms with Crippen LogP contribution in [0.4, 0.5) is 13.2 Å². The number of hydrogen-bond donors (Lipinski definition) is 0. The zero-order valence-corrected chi connectivity index (χ0v) is 13.0. The predicted molar refractivity (Wildman–Crippen MR) is 82.6 cm³/mol. The molecule has 0 amide bonds. The number of hydrogen-bond acceptors (Lipinski definition) is 0. The van der Waals surface area contributed by atoms with Gasteiger partial charge in [0.25, 0.3) is 6.08 Å². The zero-order valence-electron chi connectivity index (χ0n) is 13.0. The maximum absolute atomic E-state index is 14.3. The fraction of sp³-hybridized carbons (Fsp3) is 0.579. The lowest BCUT2D eigenvalue weighted by molar-refractivity contribution is 0.318. The summed E-state index contributed by atoms with van der Waals surface area (Å²) < 4.78 is 39.2. The van der Waals surface area contributed by atoms with Gasteiger partial charge in [0.1, 0.15) is 5.82 Å². The average Bonchev–Trinajstić information content (AvgIpc) is 2.47. The maximum atomic E-state index is 14.3. The summed E-state index contributed by atoms with van der Waals surface area (Å²) in [5.41, 5.74) is 1.88. The monoisotopic (exact) mass is 308 g/mol. The number of allylic oxidation sites excluding steroid dienone is 1. The Hall–Kier alpha value is -1.25. The van der Waals surface area contributed by atoms with Crippen LogP contribution < -0.4 is 0 Å². The number of halogens is 3. The summed E-state index contributed by atoms with van der Waals surface area (Å²) in [6, 6.07) is 5.50. The van der Waals surface area contributed by atoms with Crippen molar-refractivity contribution in [3.05, 3.63) is 46.8 Å². The standard InChI is InChI=1S/C19H23F3/c1-2-12-3-5-13(6-4-12)14-7-8-17(18(20)11-14)15-9-16(10-15)19(21)22/h7-8,11-13,15H,2-6,9-10H2,1H3/t12-,13-. The van der Waals surface area contributed by atoms with Crippen LogP contribution in [0.5, 0.6) is 0 Å². The van der Waals surface area contributed by atoms with Gasteiger partial charge < -0.3 is 0 Å². The molecule has 120 valence electrons. The molecule has 3 rings (SSSR count). The van der Waals surface area contributed by atoms with Crippen LogP contribution in [0.2, 0.25) is 0 Å². The molecule has 0 radical (unpaired) electrons. The lowest BCUT2D eigenvalue weighted by Crippen LogP contribution is -2.16. The molecule has 2 fully saturated rings. The summed E-state index contributed by atoms with van der Waals surface area (Å²) in [6.45, 7) is 2.24. The van der Waals surface area contributed by atoms with E-state index in [9.17, 15) is 13.2 Å². The Morgan fingerprint density at radius 1 is 1.05 bits per heavy atom. The molecule has 0 aromatic heterocycles. The highest BCUT2D eigenvalue weighted by Gasteiger charge is 2.31. The zero-order chi connectivity index (χ0) is 15.7. The van der Waals surface area contributed by atoms with E-state index in [2.05, 4.69) is 6.92 Å². The third-order valence-corrected chi connectivity index (χ3v) is 5.61. The van der Waals surface area contributed by atoms with Crippen LogP contribution in [0, 0.1) is 11.7 Å². The van der Waals surface area contributed by atoms with E-state index >= 15 is 0 Å². The molecule has 0 bridgehead atoms. The van der Waals surface area contributed by atoms with Crippen LogP contribution in [0.25, 0.3) is 0 Å². The van der Waals surface area contributed by atoms with Crippen molar-refractivity contribution < 1.29 is 13.2 Å². The van der Waals surface area contributed by atoms with Crippen molar-refractivity contribution in [1.82, 2.24) is 0 Å². The van der Waals surface area contributed by atoms with Gasteiger partial charge in [-0.3, -0.25) is 0 Å². The first-order valence-corrected chi connectivity index (χ1v) is 8.40. The van der Waals surface area contributed by atoms with Crippen molar-refractivity contribution in [3.8, 4) is 0 Å². The van der Waals surface area contributed by atoms with Gasteiger partial charge in [-0.1, -0.05) is 25.5 Å². The fourth-order valence-electron chi connectivity index (χ4n) is 3.94. The fourth-order valence-corrected chi connectivity index (χ4v) is 3.94. The second-order valence-corrected chi connectivity index (χ2v) is 6.88. The van der Waals surface area contributed by atoms with Gasteiger partial charge in [0, 0.05) is 0 Å². The van der Waals surface area contributed by atoms with Crippen LogP contribution >= 0.6 is 0 Å². The highest BCUT2D eigenvalue weighted by molar-refractivity contribution is 5.35. The minimum atomic E-state index is -1.58. The van der Waals surface area contributed by atoms with Gasteiger partial charge in [-0.05, 0) is 79.0 Å². The molecule has 1 aromatic rings. The first-order chi connectivity index (χ1) is 10.6. The lowest BCUT2D eigenvalue weighted by atomic mass is 9.74. The molecular weight excluding hydrogens is 285 g/mol. The van der Waals surface area contributed by atoms with Crippen molar-refractivity contribution in [2.45, 2.75) is 63.7 Å². The van der Waals surface area contributed by atoms with Crippen LogP contribution in [0.1, 0.15) is 74.8 Å². The van der Waals surface area contributed by atoms with Gasteiger partial charge in [-0.2, -0.15) is 8.78 Å². The Labute approximate surface area is 130 Å². The average molecular weight is 308 g/mol. The van der Waals surface area contributed by atoms with E-state index in [0.29, 0.717) is 24.3 Å². The third kappa shape index (κ3) is 3.09. The van der Waals surface area contributed by atoms with Crippen LogP contribution in [-0.4, -0.2) is 0 Å². The van der Waals surface area contributed by atoms with Crippen molar-refractivity contribution in [2.24, 2.45) is 5.92 Å². The van der Waals surface area contributed by atoms with Gasteiger partial charge in [0.2, 0.25) is 0 Å². The summed E-state index contributed by atoms with van der Waals surface area (Å²) in [5, 5.41) is 0. The number of rotatable bonds is 3. The van der Waals surface area contributed by atoms with Crippen LogP contribution in [-0.2, 0) is 0 Å². The molecule has 22 heavy (non-hydrogen) atoms. The minimum absolute atomic E-state index is 0.0682. The molecule has 2 aliphatic carbocycles. The van der Waals surface area contributed by atoms with E-state index < -0.39 is 6.08 Å². The van der Waals surface area contributed by atoms with Gasteiger partial charge in [0.05, 0.1) is 0 Å². The summed E-state index contributed by atoms with van der Waals surface area (Å²) in [5.74, 6) is 1.02. The summed E-state index contributed by atoms with van der Waals surface area (Å²) in [4.78, 5) is 0. The van der Waals surface area contributed by atoms with Crippen LogP contribution in [0.15, 0.2) is 29.9 Å². The largest absolute Gasteiger partial charge is 0.269 e. The summed E-state index contributed by atoms with van der Waals surface area (Å²) >= 11 is 0. The van der Waals surface area contributed by atoms with E-state index in [1.807, 2.05) is 12.1 Å². The molecule has 2 saturated carbocycles. The van der Waals surface area contributed by atoms with Crippen molar-refractivity contribution in [2.75, 3.05) is 0 Å². The van der Waals surface area contributed by atoms with Gasteiger partial charge in [-0.15, -0.1) is 0 Å². The molecule has 0 N–H and O–H groups in total. The number of benzene rings is 1. The normalized spacial score (nSPS) is 28.4. The molecule has 0 saturated heterocycles. The highest BCUT2D eigenvalue weighted by atomic mass is 19.3. The summed E-state index contributed by atoms with van der Waals surface area (Å²) in [7, 11) is 0. The lowest BCUT2D eigenvalue weighted by Gasteiger charge is -2.31. The predicted octanol–water partition coefficient (Wildman–Crippen LogP) is 6.54. The Morgan fingerprint density at radius 3 is 2.27 bits per heavy atom. The second-order valence-electron chi connectivity index (χ2n) is 6.88. The molecule has 1 aromatic carbocycles. The Balaban J connectivity index is 1.67. The molecule has 0 atom stereocenters. The quantitative estimate of drug-likeness (QED) is 0.595. The first-order valence-electron chi connectivity index (χ1n) is 8.40. The van der Waals surface area contributed by atoms with E-state index in [1.165, 1.54) is 19.3 Å². The van der Waals surface area contributed by atoms with Crippen LogP contribution in [0.3, 0.4) is 0 Å². The SMILES string of the molecule is CC[C@H]1CC[C@H](c2ccc(C3CC(=C(F)F)C3)c(F)c2)CC1. The van der Waals surface area contributed by atoms with Gasteiger partial charge in [-0.25, -0.2) is 4.39 Å². The maximum Gasteiger partial charge on any atom is 0.269 e. The van der Waals surface area contributed by atoms with Gasteiger partial charge >= 0.3 is 0 Å². The van der Waals surface area contributed by atoms with E-state index in [4.69, 9.17) is 0 Å². The summed E-state index contributed by atoms with van der Waals surface area (Å²) in [6.07, 6.45) is 5.01. The Kier molecular flexibility index (Phi) is 4.60. The molecule has 0 aliphatic heterocycles. The molecular formula is C19H23F3. The molecule has 0 nitrogen and oxygen atoms in total. The first kappa shape index (κ1) is 15.6.